The van der Waals surface area contributed by atoms with Gasteiger partial charge in [0, 0.05) is 17.3 Å². The fraction of sp³-hybridized carbons (Fsp3) is 0. The van der Waals surface area contributed by atoms with Crippen LogP contribution >= 0.6 is 0 Å². The second-order valence-electron chi connectivity index (χ2n) is 3.82. The molecule has 2 aromatic heterocycles. The topological polar surface area (TPSA) is 34.4 Å². The van der Waals surface area contributed by atoms with Crippen LogP contribution in [0.4, 0.5) is 0 Å². The van der Waals surface area contributed by atoms with E-state index in [1.807, 2.05) is 40.8 Å². The van der Waals surface area contributed by atoms with E-state index in [4.69, 9.17) is 0 Å². The summed E-state index contributed by atoms with van der Waals surface area (Å²) in [7, 11) is 0. The molecule has 2 heterocycles. The molecule has 0 radical (unpaired) electrons. The summed E-state index contributed by atoms with van der Waals surface area (Å²) in [6, 6.07) is 13.6. The van der Waals surface area contributed by atoms with Crippen LogP contribution in [0.15, 0.2) is 54.9 Å². The summed E-state index contributed by atoms with van der Waals surface area (Å²) >= 11 is 0. The molecule has 0 bridgehead atoms. The predicted molar refractivity (Wildman–Crippen MR) is 66.0 cm³/mol. The van der Waals surface area contributed by atoms with Crippen molar-refractivity contribution in [3.8, 4) is 11.4 Å². The molecule has 0 saturated carbocycles. The van der Waals surface area contributed by atoms with E-state index in [1.54, 1.807) is 18.5 Å². The molecule has 3 aromatic rings. The number of hydrogen-bond donors (Lipinski definition) is 0. The Labute approximate surface area is 98.4 Å². The summed E-state index contributed by atoms with van der Waals surface area (Å²) in [6.07, 6.45) is 4.45. The van der Waals surface area contributed by atoms with Gasteiger partial charge in [0.2, 0.25) is 0 Å². The number of benzene rings is 1. The van der Waals surface area contributed by atoms with Crippen LogP contribution in [0.3, 0.4) is 0 Å². The van der Waals surface area contributed by atoms with Crippen molar-refractivity contribution in [2.75, 3.05) is 0 Å². The maximum Gasteiger partial charge on any atom is 0.151 e. The second kappa shape index (κ2) is 3.87. The first-order valence-corrected chi connectivity index (χ1v) is 5.36. The number of carbonyl (C=O) groups is 1. The number of pyridine rings is 1. The first kappa shape index (κ1) is 9.78. The van der Waals surface area contributed by atoms with Crippen molar-refractivity contribution in [1.29, 1.82) is 0 Å². The van der Waals surface area contributed by atoms with E-state index in [1.165, 1.54) is 0 Å². The molecule has 0 spiro atoms. The number of carbonyl (C=O) groups excluding carboxylic acids is 1. The Morgan fingerprint density at radius 3 is 2.65 bits per heavy atom. The van der Waals surface area contributed by atoms with Crippen molar-refractivity contribution in [2.24, 2.45) is 0 Å². The quantitative estimate of drug-likeness (QED) is 0.625. The molecule has 1 aromatic carbocycles. The fourth-order valence-corrected chi connectivity index (χ4v) is 1.88. The molecular weight excluding hydrogens is 212 g/mol. The third-order valence-corrected chi connectivity index (χ3v) is 2.72. The van der Waals surface area contributed by atoms with Gasteiger partial charge in [-0.1, -0.05) is 30.3 Å². The summed E-state index contributed by atoms with van der Waals surface area (Å²) in [4.78, 5) is 15.2. The molecule has 0 amide bonds. The van der Waals surface area contributed by atoms with E-state index >= 15 is 0 Å². The van der Waals surface area contributed by atoms with Gasteiger partial charge in [-0.15, -0.1) is 0 Å². The van der Waals surface area contributed by atoms with Gasteiger partial charge >= 0.3 is 0 Å². The van der Waals surface area contributed by atoms with E-state index in [0.717, 1.165) is 23.2 Å². The van der Waals surface area contributed by atoms with Crippen molar-refractivity contribution in [3.05, 3.63) is 60.4 Å². The number of rotatable bonds is 2. The summed E-state index contributed by atoms with van der Waals surface area (Å²) in [5, 5.41) is 0. The molecule has 0 fully saturated rings. The molecule has 3 heteroatoms. The average molecular weight is 222 g/mol. The zero-order chi connectivity index (χ0) is 11.7. The summed E-state index contributed by atoms with van der Waals surface area (Å²) < 4.78 is 1.93. The molecule has 3 nitrogen and oxygen atoms in total. The molecule has 3 rings (SSSR count). The summed E-state index contributed by atoms with van der Waals surface area (Å²) in [5.41, 5.74) is 2.66. The highest BCUT2D eigenvalue weighted by atomic mass is 16.1. The Morgan fingerprint density at radius 1 is 1.06 bits per heavy atom. The van der Waals surface area contributed by atoms with Gasteiger partial charge in [0.05, 0.1) is 11.7 Å². The van der Waals surface area contributed by atoms with Gasteiger partial charge in [-0.3, -0.25) is 9.20 Å². The maximum absolute atomic E-state index is 10.8. The number of nitrogens with zero attached hydrogens (tertiary/aromatic N) is 2. The number of fused-ring (bicyclic) bond motifs is 1. The van der Waals surface area contributed by atoms with Crippen LogP contribution in [-0.2, 0) is 0 Å². The lowest BCUT2D eigenvalue weighted by Gasteiger charge is -2.01. The van der Waals surface area contributed by atoms with Crippen molar-refractivity contribution in [3.63, 3.8) is 0 Å². The molecule has 0 unspecified atom stereocenters. The molecule has 0 saturated heterocycles. The van der Waals surface area contributed by atoms with Gasteiger partial charge in [0.25, 0.3) is 0 Å². The van der Waals surface area contributed by atoms with E-state index in [9.17, 15) is 4.79 Å². The van der Waals surface area contributed by atoms with Gasteiger partial charge in [0.1, 0.15) is 5.82 Å². The van der Waals surface area contributed by atoms with Gasteiger partial charge in [0.15, 0.2) is 6.29 Å². The van der Waals surface area contributed by atoms with Gasteiger partial charge in [-0.25, -0.2) is 4.98 Å². The van der Waals surface area contributed by atoms with Crippen LogP contribution in [0.25, 0.3) is 16.9 Å². The van der Waals surface area contributed by atoms with Crippen LogP contribution < -0.4 is 0 Å². The highest BCUT2D eigenvalue weighted by Gasteiger charge is 2.05. The fourth-order valence-electron chi connectivity index (χ4n) is 1.88. The summed E-state index contributed by atoms with van der Waals surface area (Å²) in [5.74, 6) is 0.851. The zero-order valence-electron chi connectivity index (χ0n) is 9.08. The molecule has 0 aliphatic rings. The lowest BCUT2D eigenvalue weighted by Crippen LogP contribution is -1.91. The molecule has 17 heavy (non-hydrogen) atoms. The second-order valence-corrected chi connectivity index (χ2v) is 3.82. The van der Waals surface area contributed by atoms with E-state index in [-0.39, 0.29) is 0 Å². The van der Waals surface area contributed by atoms with Crippen molar-refractivity contribution < 1.29 is 4.79 Å². The predicted octanol–water partition coefficient (Wildman–Crippen LogP) is 2.81. The minimum Gasteiger partial charge on any atom is -0.299 e. The Kier molecular flexibility index (Phi) is 2.22. The minimum absolute atomic E-state index is 0.646. The molecule has 0 N–H and O–H groups in total. The first-order chi connectivity index (χ1) is 8.38. The normalized spacial score (nSPS) is 10.6. The van der Waals surface area contributed by atoms with Crippen molar-refractivity contribution in [1.82, 2.24) is 9.38 Å². The average Bonchev–Trinajstić information content (AvgIpc) is 2.82. The van der Waals surface area contributed by atoms with E-state index in [0.29, 0.717) is 5.56 Å². The first-order valence-electron chi connectivity index (χ1n) is 5.36. The Morgan fingerprint density at radius 2 is 1.88 bits per heavy atom. The molecule has 0 atom stereocenters. The SMILES string of the molecule is O=Cc1ccc2cnc(-c3ccccc3)n2c1. The van der Waals surface area contributed by atoms with Crippen LogP contribution in [0.2, 0.25) is 0 Å². The maximum atomic E-state index is 10.8. The number of aldehydes is 1. The highest BCUT2D eigenvalue weighted by Crippen LogP contribution is 2.19. The third-order valence-electron chi connectivity index (χ3n) is 2.72. The third kappa shape index (κ3) is 1.61. The number of imidazole rings is 1. The lowest BCUT2D eigenvalue weighted by molar-refractivity contribution is 0.112. The van der Waals surface area contributed by atoms with E-state index < -0.39 is 0 Å². The molecule has 0 aliphatic heterocycles. The lowest BCUT2D eigenvalue weighted by atomic mass is 10.2. The number of aromatic nitrogens is 2. The molecular formula is C14H10N2O. The van der Waals surface area contributed by atoms with Crippen LogP contribution in [-0.4, -0.2) is 15.7 Å². The summed E-state index contributed by atoms with van der Waals surface area (Å²) in [6.45, 7) is 0. The Hall–Kier alpha value is -2.42. The Balaban J connectivity index is 2.27. The molecule has 0 aliphatic carbocycles. The van der Waals surface area contributed by atoms with Crippen LogP contribution in [0.1, 0.15) is 10.4 Å². The van der Waals surface area contributed by atoms with Crippen molar-refractivity contribution >= 4 is 11.8 Å². The molecule has 82 valence electrons. The zero-order valence-corrected chi connectivity index (χ0v) is 9.08. The minimum atomic E-state index is 0.646. The van der Waals surface area contributed by atoms with Crippen molar-refractivity contribution in [2.45, 2.75) is 0 Å². The van der Waals surface area contributed by atoms with Crippen LogP contribution in [0.5, 0.6) is 0 Å². The monoisotopic (exact) mass is 222 g/mol. The highest BCUT2D eigenvalue weighted by molar-refractivity contribution is 5.76. The largest absolute Gasteiger partial charge is 0.299 e. The van der Waals surface area contributed by atoms with Gasteiger partial charge < -0.3 is 0 Å². The Bertz CT molecular complexity index is 671. The van der Waals surface area contributed by atoms with Gasteiger partial charge in [-0.05, 0) is 12.1 Å². The standard InChI is InChI=1S/C14H10N2O/c17-10-11-6-7-13-8-15-14(16(13)9-11)12-4-2-1-3-5-12/h1-10H. The smallest absolute Gasteiger partial charge is 0.151 e. The van der Waals surface area contributed by atoms with Crippen LogP contribution in [0, 0.1) is 0 Å². The van der Waals surface area contributed by atoms with E-state index in [2.05, 4.69) is 4.98 Å². The number of hydrogen-bond acceptors (Lipinski definition) is 2. The van der Waals surface area contributed by atoms with Gasteiger partial charge in [-0.2, -0.15) is 0 Å².